The van der Waals surface area contributed by atoms with E-state index in [9.17, 15) is 22.0 Å². The molecule has 128 valence electrons. The highest BCUT2D eigenvalue weighted by Crippen LogP contribution is 2.22. The van der Waals surface area contributed by atoms with Crippen LogP contribution in [0.15, 0.2) is 17.3 Å². The Balaban J connectivity index is 2.20. The van der Waals surface area contributed by atoms with Gasteiger partial charge in [0.05, 0.1) is 12.4 Å². The fraction of sp³-hybridized carbons (Fsp3) is 0.583. The molecular weight excluding hydrogens is 354 g/mol. The number of nitrogens with zero attached hydrogens (tertiary/aromatic N) is 4. The van der Waals surface area contributed by atoms with Gasteiger partial charge < -0.3 is 9.80 Å². The maximum Gasteiger partial charge on any atom is 0.341 e. The van der Waals surface area contributed by atoms with Gasteiger partial charge in [-0.05, 0) is 25.4 Å². The SMILES string of the molecule is C[C@@H]1CN(c2ncc(S(=O)(=O)C(F)F)cn2)C[C@H](C)N1C(=O)Cl. The Hall–Kier alpha value is -1.55. The third-order valence-electron chi connectivity index (χ3n) is 3.58. The number of aromatic nitrogens is 2. The Labute approximate surface area is 137 Å². The van der Waals surface area contributed by atoms with Gasteiger partial charge >= 0.3 is 11.1 Å². The van der Waals surface area contributed by atoms with Gasteiger partial charge in [0, 0.05) is 25.2 Å². The molecule has 1 aromatic rings. The lowest BCUT2D eigenvalue weighted by atomic mass is 10.1. The minimum atomic E-state index is -4.71. The molecule has 0 aromatic carbocycles. The smallest absolute Gasteiger partial charge is 0.337 e. The molecule has 1 aliphatic rings. The highest BCUT2D eigenvalue weighted by molar-refractivity contribution is 7.91. The van der Waals surface area contributed by atoms with Gasteiger partial charge in [-0.15, -0.1) is 0 Å². The number of anilines is 1. The summed E-state index contributed by atoms with van der Waals surface area (Å²) in [5, 5.41) is -0.552. The van der Waals surface area contributed by atoms with E-state index in [2.05, 4.69) is 9.97 Å². The van der Waals surface area contributed by atoms with Crippen molar-refractivity contribution in [2.24, 2.45) is 0 Å². The van der Waals surface area contributed by atoms with Crippen LogP contribution in [0.25, 0.3) is 0 Å². The molecule has 0 aliphatic carbocycles. The number of amides is 1. The highest BCUT2D eigenvalue weighted by Gasteiger charge is 2.33. The highest BCUT2D eigenvalue weighted by atomic mass is 35.5. The lowest BCUT2D eigenvalue weighted by molar-refractivity contribution is 0.162. The van der Waals surface area contributed by atoms with Crippen LogP contribution in [0.4, 0.5) is 19.5 Å². The predicted octanol–water partition coefficient (Wildman–Crippen LogP) is 1.73. The molecule has 0 unspecified atom stereocenters. The largest absolute Gasteiger partial charge is 0.341 e. The lowest BCUT2D eigenvalue weighted by Crippen LogP contribution is -2.57. The first-order valence-electron chi connectivity index (χ1n) is 6.71. The van der Waals surface area contributed by atoms with Crippen LogP contribution in [-0.2, 0) is 9.84 Å². The molecule has 2 atom stereocenters. The van der Waals surface area contributed by atoms with E-state index in [0.29, 0.717) is 13.1 Å². The summed E-state index contributed by atoms with van der Waals surface area (Å²) < 4.78 is 47.6. The van der Waals surface area contributed by atoms with Gasteiger partial charge in [-0.1, -0.05) is 0 Å². The van der Waals surface area contributed by atoms with E-state index in [4.69, 9.17) is 11.6 Å². The van der Waals surface area contributed by atoms with E-state index in [0.717, 1.165) is 12.4 Å². The number of rotatable bonds is 3. The van der Waals surface area contributed by atoms with E-state index >= 15 is 0 Å². The minimum Gasteiger partial charge on any atom is -0.337 e. The number of sulfone groups is 1. The normalized spacial score (nSPS) is 22.5. The first-order chi connectivity index (χ1) is 10.6. The van der Waals surface area contributed by atoms with Crippen LogP contribution in [-0.4, -0.2) is 59.6 Å². The number of hydrogen-bond acceptors (Lipinski definition) is 6. The van der Waals surface area contributed by atoms with Crippen LogP contribution in [0.1, 0.15) is 13.8 Å². The van der Waals surface area contributed by atoms with Gasteiger partial charge in [-0.25, -0.2) is 18.4 Å². The van der Waals surface area contributed by atoms with E-state index < -0.39 is 25.9 Å². The third-order valence-corrected chi connectivity index (χ3v) is 5.11. The summed E-state index contributed by atoms with van der Waals surface area (Å²) in [5.74, 6) is -3.31. The van der Waals surface area contributed by atoms with Crippen LogP contribution in [0.5, 0.6) is 0 Å². The van der Waals surface area contributed by atoms with E-state index in [1.54, 1.807) is 18.7 Å². The molecule has 0 spiro atoms. The second-order valence-corrected chi connectivity index (χ2v) is 7.53. The standard InChI is InChI=1S/C12H15ClF2N4O3S/c1-7-5-18(6-8(2)19(7)10(13)20)12-16-3-9(4-17-12)23(21,22)11(14)15/h3-4,7-8,11H,5-6H2,1-2H3/t7-,8+. The first kappa shape index (κ1) is 17.8. The molecule has 0 radical (unpaired) electrons. The number of piperazine rings is 1. The summed E-state index contributed by atoms with van der Waals surface area (Å²) >= 11 is 5.54. The monoisotopic (exact) mass is 368 g/mol. The number of carbonyl (C=O) groups is 1. The van der Waals surface area contributed by atoms with Crippen molar-refractivity contribution in [3.63, 3.8) is 0 Å². The average Bonchev–Trinajstić information content (AvgIpc) is 2.46. The Morgan fingerprint density at radius 3 is 2.13 bits per heavy atom. The minimum absolute atomic E-state index is 0.197. The number of alkyl halides is 2. The zero-order valence-electron chi connectivity index (χ0n) is 12.4. The zero-order chi connectivity index (χ0) is 17.4. The number of halogens is 3. The predicted molar refractivity (Wildman–Crippen MR) is 79.4 cm³/mol. The summed E-state index contributed by atoms with van der Waals surface area (Å²) in [6, 6.07) is -0.395. The summed E-state index contributed by atoms with van der Waals surface area (Å²) in [7, 11) is -4.71. The van der Waals surface area contributed by atoms with Crippen LogP contribution in [0, 0.1) is 0 Å². The second-order valence-electron chi connectivity index (χ2n) is 5.29. The van der Waals surface area contributed by atoms with Crippen molar-refractivity contribution in [1.82, 2.24) is 14.9 Å². The molecule has 1 saturated heterocycles. The molecule has 1 aromatic heterocycles. The number of hydrogen-bond donors (Lipinski definition) is 0. The summed E-state index contributed by atoms with van der Waals surface area (Å²) in [6.07, 6.45) is 1.72. The molecule has 1 amide bonds. The Kier molecular flexibility index (Phi) is 5.04. The molecule has 0 N–H and O–H groups in total. The Bertz CT molecular complexity index is 674. The van der Waals surface area contributed by atoms with Crippen LogP contribution in [0.2, 0.25) is 0 Å². The second kappa shape index (κ2) is 6.52. The van der Waals surface area contributed by atoms with Gasteiger partial charge in [0.2, 0.25) is 15.8 Å². The fourth-order valence-corrected chi connectivity index (χ4v) is 3.49. The molecule has 0 saturated carbocycles. The maximum absolute atomic E-state index is 12.5. The van der Waals surface area contributed by atoms with Crippen LogP contribution in [0.3, 0.4) is 0 Å². The van der Waals surface area contributed by atoms with Crippen molar-refractivity contribution in [3.8, 4) is 0 Å². The molecule has 11 heteroatoms. The molecular formula is C12H15ClF2N4O3S. The molecule has 2 rings (SSSR count). The van der Waals surface area contributed by atoms with Gasteiger partial charge in [0.15, 0.2) is 0 Å². The zero-order valence-corrected chi connectivity index (χ0v) is 13.9. The quantitative estimate of drug-likeness (QED) is 0.597. The third kappa shape index (κ3) is 3.52. The molecule has 1 aliphatic heterocycles. The average molecular weight is 369 g/mol. The number of carbonyl (C=O) groups excluding carboxylic acids is 1. The topological polar surface area (TPSA) is 83.5 Å². The van der Waals surface area contributed by atoms with Crippen molar-refractivity contribution < 1.29 is 22.0 Å². The van der Waals surface area contributed by atoms with Crippen molar-refractivity contribution in [2.75, 3.05) is 18.0 Å². The molecule has 2 heterocycles. The van der Waals surface area contributed by atoms with E-state index in [-0.39, 0.29) is 18.0 Å². The van der Waals surface area contributed by atoms with E-state index in [1.807, 2.05) is 0 Å². The van der Waals surface area contributed by atoms with Gasteiger partial charge in [0.1, 0.15) is 4.90 Å². The van der Waals surface area contributed by atoms with Gasteiger partial charge in [-0.3, -0.25) is 4.79 Å². The Morgan fingerprint density at radius 2 is 1.74 bits per heavy atom. The molecule has 1 fully saturated rings. The fourth-order valence-electron chi connectivity index (χ4n) is 2.56. The molecule has 7 nitrogen and oxygen atoms in total. The van der Waals surface area contributed by atoms with Crippen molar-refractivity contribution >= 4 is 32.8 Å². The lowest BCUT2D eigenvalue weighted by Gasteiger charge is -2.43. The van der Waals surface area contributed by atoms with Gasteiger partial charge in [0.25, 0.3) is 0 Å². The van der Waals surface area contributed by atoms with Crippen molar-refractivity contribution in [2.45, 2.75) is 36.6 Å². The summed E-state index contributed by atoms with van der Waals surface area (Å²) in [4.78, 5) is 21.7. The molecule has 0 bridgehead atoms. The summed E-state index contributed by atoms with van der Waals surface area (Å²) in [6.45, 7) is 4.39. The Morgan fingerprint density at radius 1 is 1.26 bits per heavy atom. The summed E-state index contributed by atoms with van der Waals surface area (Å²) in [5.41, 5.74) is 0. The van der Waals surface area contributed by atoms with Crippen molar-refractivity contribution in [3.05, 3.63) is 12.4 Å². The van der Waals surface area contributed by atoms with Crippen LogP contribution >= 0.6 is 11.6 Å². The maximum atomic E-state index is 12.5. The first-order valence-corrected chi connectivity index (χ1v) is 8.64. The van der Waals surface area contributed by atoms with Gasteiger partial charge in [-0.2, -0.15) is 8.78 Å². The van der Waals surface area contributed by atoms with E-state index in [1.165, 1.54) is 4.90 Å². The van der Waals surface area contributed by atoms with Crippen molar-refractivity contribution in [1.29, 1.82) is 0 Å². The molecule has 23 heavy (non-hydrogen) atoms. The van der Waals surface area contributed by atoms with Crippen LogP contribution < -0.4 is 4.90 Å².